The molecule has 0 bridgehead atoms. The number of fused-ring (bicyclic) bond motifs is 1. The lowest BCUT2D eigenvalue weighted by atomic mass is 9.88. The Labute approximate surface area is 146 Å². The lowest BCUT2D eigenvalue weighted by Crippen LogP contribution is -2.39. The number of aryl methyl sites for hydroxylation is 1. The Kier molecular flexibility index (Phi) is 5.16. The van der Waals surface area contributed by atoms with Crippen LogP contribution in [-0.2, 0) is 11.2 Å². The molecule has 124 valence electrons. The van der Waals surface area contributed by atoms with E-state index in [-0.39, 0.29) is 24.4 Å². The molecule has 1 atom stereocenters. The van der Waals surface area contributed by atoms with Gasteiger partial charge in [0, 0.05) is 0 Å². The highest BCUT2D eigenvalue weighted by atomic mass is 35.5. The van der Waals surface area contributed by atoms with Crippen molar-refractivity contribution in [3.63, 3.8) is 0 Å². The Morgan fingerprint density at radius 2 is 1.83 bits per heavy atom. The summed E-state index contributed by atoms with van der Waals surface area (Å²) in [6.45, 7) is -0.0667. The molecular weight excluding hydrogens is 324 g/mol. The molecule has 24 heavy (non-hydrogen) atoms. The van der Waals surface area contributed by atoms with Crippen molar-refractivity contribution in [1.82, 2.24) is 10.6 Å². The first-order valence-electron chi connectivity index (χ1n) is 8.05. The molecule has 2 aromatic rings. The second kappa shape index (κ2) is 7.49. The molecule has 0 radical (unpaired) electrons. The summed E-state index contributed by atoms with van der Waals surface area (Å²) in [6.07, 6.45) is 3.01. The van der Waals surface area contributed by atoms with Gasteiger partial charge in [0.2, 0.25) is 5.91 Å². The molecule has 5 heteroatoms. The lowest BCUT2D eigenvalue weighted by Gasteiger charge is -2.26. The van der Waals surface area contributed by atoms with E-state index in [2.05, 4.69) is 22.8 Å². The summed E-state index contributed by atoms with van der Waals surface area (Å²) in [4.78, 5) is 24.3. The number of carbonyl (C=O) groups excluding carboxylic acids is 2. The van der Waals surface area contributed by atoms with Crippen LogP contribution in [0.3, 0.4) is 0 Å². The van der Waals surface area contributed by atoms with E-state index in [0.717, 1.165) is 19.3 Å². The molecule has 0 aliphatic heterocycles. The number of carbonyl (C=O) groups is 2. The van der Waals surface area contributed by atoms with E-state index < -0.39 is 0 Å². The van der Waals surface area contributed by atoms with E-state index in [1.54, 1.807) is 24.3 Å². The van der Waals surface area contributed by atoms with Gasteiger partial charge in [0.1, 0.15) is 0 Å². The smallest absolute Gasteiger partial charge is 0.253 e. The molecule has 0 saturated carbocycles. The third kappa shape index (κ3) is 3.77. The van der Waals surface area contributed by atoms with Gasteiger partial charge < -0.3 is 10.6 Å². The molecule has 0 saturated heterocycles. The van der Waals surface area contributed by atoms with Crippen LogP contribution in [0.1, 0.15) is 40.4 Å². The van der Waals surface area contributed by atoms with Gasteiger partial charge in [0.25, 0.3) is 5.91 Å². The summed E-state index contributed by atoms with van der Waals surface area (Å²) in [6, 6.07) is 15.0. The van der Waals surface area contributed by atoms with Crippen molar-refractivity contribution in [3.8, 4) is 0 Å². The van der Waals surface area contributed by atoms with Crippen LogP contribution in [-0.4, -0.2) is 18.4 Å². The van der Waals surface area contributed by atoms with Crippen LogP contribution in [0.15, 0.2) is 48.5 Å². The van der Waals surface area contributed by atoms with Crippen molar-refractivity contribution >= 4 is 23.4 Å². The fraction of sp³-hybridized carbons (Fsp3) is 0.263. The highest BCUT2D eigenvalue weighted by molar-refractivity contribution is 6.33. The monoisotopic (exact) mass is 342 g/mol. The van der Waals surface area contributed by atoms with Gasteiger partial charge in [-0.05, 0) is 42.5 Å². The van der Waals surface area contributed by atoms with Gasteiger partial charge in [-0.2, -0.15) is 0 Å². The molecule has 0 spiro atoms. The fourth-order valence-corrected chi connectivity index (χ4v) is 3.27. The van der Waals surface area contributed by atoms with Crippen LogP contribution in [0.4, 0.5) is 0 Å². The first-order chi connectivity index (χ1) is 11.6. The second-order valence-electron chi connectivity index (χ2n) is 5.87. The largest absolute Gasteiger partial charge is 0.348 e. The van der Waals surface area contributed by atoms with E-state index in [9.17, 15) is 9.59 Å². The fourth-order valence-electron chi connectivity index (χ4n) is 3.05. The standard InChI is InChI=1S/C19H19ClN2O2/c20-16-10-4-3-9-15(16)19(24)21-12-18(23)22-17-11-5-7-13-6-1-2-8-14(13)17/h1-4,6,8-10,17H,5,7,11-12H2,(H,21,24)(H,22,23)/t17-/m1/s1. The van der Waals surface area contributed by atoms with E-state index in [0.29, 0.717) is 10.6 Å². The topological polar surface area (TPSA) is 58.2 Å². The zero-order chi connectivity index (χ0) is 16.9. The van der Waals surface area contributed by atoms with Crippen LogP contribution >= 0.6 is 11.6 Å². The zero-order valence-electron chi connectivity index (χ0n) is 13.2. The number of nitrogens with one attached hydrogen (secondary N) is 2. The zero-order valence-corrected chi connectivity index (χ0v) is 14.0. The average Bonchev–Trinajstić information content (AvgIpc) is 2.60. The van der Waals surface area contributed by atoms with Gasteiger partial charge in [0.05, 0.1) is 23.2 Å². The molecule has 2 amide bonds. The van der Waals surface area contributed by atoms with Crippen LogP contribution in [0.2, 0.25) is 5.02 Å². The van der Waals surface area contributed by atoms with Crippen LogP contribution < -0.4 is 10.6 Å². The molecule has 0 aromatic heterocycles. The summed E-state index contributed by atoms with van der Waals surface area (Å²) < 4.78 is 0. The Morgan fingerprint density at radius 3 is 2.67 bits per heavy atom. The average molecular weight is 343 g/mol. The van der Waals surface area contributed by atoms with Crippen molar-refractivity contribution in [3.05, 3.63) is 70.2 Å². The summed E-state index contributed by atoms with van der Waals surface area (Å²) >= 11 is 5.98. The predicted octanol–water partition coefficient (Wildman–Crippen LogP) is 3.26. The van der Waals surface area contributed by atoms with Gasteiger partial charge in [-0.1, -0.05) is 48.0 Å². The maximum Gasteiger partial charge on any atom is 0.253 e. The SMILES string of the molecule is O=C(CNC(=O)c1ccccc1Cl)N[C@@H]1CCCc2ccccc21. The molecule has 4 nitrogen and oxygen atoms in total. The Balaban J connectivity index is 1.57. The van der Waals surface area contributed by atoms with Gasteiger partial charge in [0.15, 0.2) is 0 Å². The van der Waals surface area contributed by atoms with Crippen molar-refractivity contribution in [2.75, 3.05) is 6.54 Å². The third-order valence-corrected chi connectivity index (χ3v) is 4.56. The number of hydrogen-bond donors (Lipinski definition) is 2. The summed E-state index contributed by atoms with van der Waals surface area (Å²) in [5, 5.41) is 6.00. The molecule has 2 N–H and O–H groups in total. The number of hydrogen-bond acceptors (Lipinski definition) is 2. The van der Waals surface area contributed by atoms with E-state index in [1.807, 2.05) is 12.1 Å². The van der Waals surface area contributed by atoms with Crippen molar-refractivity contribution in [2.24, 2.45) is 0 Å². The van der Waals surface area contributed by atoms with Gasteiger partial charge in [-0.3, -0.25) is 9.59 Å². The quantitative estimate of drug-likeness (QED) is 0.896. The number of amides is 2. The molecule has 0 heterocycles. The lowest BCUT2D eigenvalue weighted by molar-refractivity contribution is -0.121. The number of rotatable bonds is 4. The van der Waals surface area contributed by atoms with Crippen LogP contribution in [0.5, 0.6) is 0 Å². The highest BCUT2D eigenvalue weighted by Crippen LogP contribution is 2.29. The first kappa shape index (κ1) is 16.5. The second-order valence-corrected chi connectivity index (χ2v) is 6.28. The minimum absolute atomic E-state index is 0.0136. The maximum atomic E-state index is 12.2. The summed E-state index contributed by atoms with van der Waals surface area (Å²) in [5.41, 5.74) is 2.83. The molecule has 2 aromatic carbocycles. The molecular formula is C19H19ClN2O2. The minimum atomic E-state index is -0.347. The molecule has 0 unspecified atom stereocenters. The first-order valence-corrected chi connectivity index (χ1v) is 8.43. The van der Waals surface area contributed by atoms with Crippen LogP contribution in [0, 0.1) is 0 Å². The normalized spacial score (nSPS) is 16.1. The molecule has 0 fully saturated rings. The third-order valence-electron chi connectivity index (χ3n) is 4.23. The van der Waals surface area contributed by atoms with Crippen molar-refractivity contribution < 1.29 is 9.59 Å². The highest BCUT2D eigenvalue weighted by Gasteiger charge is 2.21. The summed E-state index contributed by atoms with van der Waals surface area (Å²) in [7, 11) is 0. The Hall–Kier alpha value is -2.33. The maximum absolute atomic E-state index is 12.2. The van der Waals surface area contributed by atoms with Gasteiger partial charge >= 0.3 is 0 Å². The van der Waals surface area contributed by atoms with E-state index >= 15 is 0 Å². The van der Waals surface area contributed by atoms with Crippen molar-refractivity contribution in [1.29, 1.82) is 0 Å². The number of benzene rings is 2. The molecule has 1 aliphatic rings. The van der Waals surface area contributed by atoms with Crippen LogP contribution in [0.25, 0.3) is 0 Å². The van der Waals surface area contributed by atoms with E-state index in [4.69, 9.17) is 11.6 Å². The predicted molar refractivity (Wildman–Crippen MR) is 94.0 cm³/mol. The Morgan fingerprint density at radius 1 is 1.08 bits per heavy atom. The van der Waals surface area contributed by atoms with Gasteiger partial charge in [-0.15, -0.1) is 0 Å². The van der Waals surface area contributed by atoms with E-state index in [1.165, 1.54) is 11.1 Å². The molecule has 3 rings (SSSR count). The minimum Gasteiger partial charge on any atom is -0.348 e. The van der Waals surface area contributed by atoms with Gasteiger partial charge in [-0.25, -0.2) is 0 Å². The Bertz CT molecular complexity index is 761. The summed E-state index contributed by atoms with van der Waals surface area (Å²) in [5.74, 6) is -0.545. The van der Waals surface area contributed by atoms with Crippen molar-refractivity contribution in [2.45, 2.75) is 25.3 Å². The number of halogens is 1. The molecule has 1 aliphatic carbocycles.